The summed E-state index contributed by atoms with van der Waals surface area (Å²) in [6, 6.07) is 5.44. The van der Waals surface area contributed by atoms with Gasteiger partial charge in [-0.2, -0.15) is 13.4 Å². The van der Waals surface area contributed by atoms with Crippen molar-refractivity contribution in [3.8, 4) is 0 Å². The van der Waals surface area contributed by atoms with Crippen LogP contribution in [0.25, 0.3) is 0 Å². The van der Waals surface area contributed by atoms with Crippen molar-refractivity contribution in [1.29, 1.82) is 0 Å². The number of anilines is 1. The van der Waals surface area contributed by atoms with Crippen molar-refractivity contribution in [1.82, 2.24) is 0 Å². The average molecular weight is 426 g/mol. The third kappa shape index (κ3) is 12.1. The molecule has 0 radical (unpaired) electrons. The van der Waals surface area contributed by atoms with Gasteiger partial charge in [0.15, 0.2) is 0 Å². The first-order chi connectivity index (χ1) is 13.8. The summed E-state index contributed by atoms with van der Waals surface area (Å²) in [7, 11) is -4.22. The quantitative estimate of drug-likeness (QED) is 0.163. The maximum atomic E-state index is 11.0. The number of hydrogen-bond donors (Lipinski definition) is 4. The molecule has 0 amide bonds. The maximum absolute atomic E-state index is 11.0. The molecular formula is C20H35N5O3S. The molecule has 0 bridgehead atoms. The van der Waals surface area contributed by atoms with E-state index in [1.807, 2.05) is 0 Å². The summed E-state index contributed by atoms with van der Waals surface area (Å²) in [5.41, 5.74) is 12.0. The maximum Gasteiger partial charge on any atom is 0.294 e. The van der Waals surface area contributed by atoms with Crippen LogP contribution >= 0.6 is 0 Å². The SMILES string of the molecule is CCCCCCCCCCCCN=C(N)N=C(N)Nc1ccc(S(=O)(=O)O)cc1. The van der Waals surface area contributed by atoms with Gasteiger partial charge >= 0.3 is 0 Å². The normalized spacial score (nSPS) is 12.9. The van der Waals surface area contributed by atoms with Crippen molar-refractivity contribution in [2.45, 2.75) is 76.0 Å². The number of aliphatic imine (C=N–C) groups is 2. The van der Waals surface area contributed by atoms with Crippen LogP contribution in [0.5, 0.6) is 0 Å². The van der Waals surface area contributed by atoms with Crippen molar-refractivity contribution in [2.24, 2.45) is 21.5 Å². The number of nitrogens with zero attached hydrogens (tertiary/aromatic N) is 2. The summed E-state index contributed by atoms with van der Waals surface area (Å²) in [6.07, 6.45) is 12.6. The van der Waals surface area contributed by atoms with Gasteiger partial charge in [0.05, 0.1) is 4.90 Å². The lowest BCUT2D eigenvalue weighted by molar-refractivity contribution is 0.483. The Bertz CT molecular complexity index is 746. The van der Waals surface area contributed by atoms with Gasteiger partial charge in [-0.05, 0) is 30.7 Å². The number of hydrogen-bond acceptors (Lipinski definition) is 3. The monoisotopic (exact) mass is 425 g/mol. The highest BCUT2D eigenvalue weighted by Gasteiger charge is 2.08. The first-order valence-corrected chi connectivity index (χ1v) is 11.8. The summed E-state index contributed by atoms with van der Waals surface area (Å²) < 4.78 is 31.0. The lowest BCUT2D eigenvalue weighted by atomic mass is 10.1. The zero-order valence-corrected chi connectivity index (χ0v) is 18.1. The zero-order chi connectivity index (χ0) is 21.5. The second kappa shape index (κ2) is 13.9. The first-order valence-electron chi connectivity index (χ1n) is 10.3. The number of benzene rings is 1. The molecule has 0 aliphatic carbocycles. The van der Waals surface area contributed by atoms with E-state index in [4.69, 9.17) is 16.0 Å². The van der Waals surface area contributed by atoms with Crippen LogP contribution in [0, 0.1) is 0 Å². The van der Waals surface area contributed by atoms with Crippen molar-refractivity contribution in [3.05, 3.63) is 24.3 Å². The van der Waals surface area contributed by atoms with Crippen LogP contribution in [0.4, 0.5) is 5.69 Å². The minimum absolute atomic E-state index is 0.0499. The van der Waals surface area contributed by atoms with Gasteiger partial charge in [0.2, 0.25) is 11.9 Å². The molecule has 6 N–H and O–H groups in total. The first kappa shape index (κ1) is 24.9. The molecule has 0 atom stereocenters. The van der Waals surface area contributed by atoms with Crippen molar-refractivity contribution >= 4 is 27.7 Å². The van der Waals surface area contributed by atoms with Gasteiger partial charge in [0, 0.05) is 12.2 Å². The van der Waals surface area contributed by atoms with E-state index in [2.05, 4.69) is 22.2 Å². The summed E-state index contributed by atoms with van der Waals surface area (Å²) in [5, 5.41) is 2.78. The molecule has 1 aromatic rings. The Labute approximate surface area is 174 Å². The Morgan fingerprint density at radius 2 is 1.45 bits per heavy atom. The second-order valence-corrected chi connectivity index (χ2v) is 8.46. The van der Waals surface area contributed by atoms with E-state index >= 15 is 0 Å². The highest BCUT2D eigenvalue weighted by Crippen LogP contribution is 2.13. The van der Waals surface area contributed by atoms with E-state index in [0.29, 0.717) is 12.2 Å². The summed E-state index contributed by atoms with van der Waals surface area (Å²) in [6.45, 7) is 2.85. The Morgan fingerprint density at radius 1 is 0.931 bits per heavy atom. The molecule has 9 heteroatoms. The molecular weight excluding hydrogens is 390 g/mol. The van der Waals surface area contributed by atoms with Gasteiger partial charge in [-0.15, -0.1) is 0 Å². The number of rotatable bonds is 13. The second-order valence-electron chi connectivity index (χ2n) is 7.04. The number of guanidine groups is 2. The Morgan fingerprint density at radius 3 is 1.97 bits per heavy atom. The van der Waals surface area contributed by atoms with Gasteiger partial charge in [-0.25, -0.2) is 0 Å². The summed E-state index contributed by atoms with van der Waals surface area (Å²) in [5.74, 6) is 0.148. The Balaban J connectivity index is 2.23. The molecule has 0 aromatic heterocycles. The molecule has 0 fully saturated rings. The third-order valence-electron chi connectivity index (χ3n) is 4.45. The van der Waals surface area contributed by atoms with E-state index in [0.717, 1.165) is 12.8 Å². The van der Waals surface area contributed by atoms with Gasteiger partial charge in [0.25, 0.3) is 10.1 Å². The molecule has 0 aliphatic heterocycles. The highest BCUT2D eigenvalue weighted by molar-refractivity contribution is 7.85. The molecule has 0 saturated heterocycles. The van der Waals surface area contributed by atoms with Crippen molar-refractivity contribution in [2.75, 3.05) is 11.9 Å². The fourth-order valence-electron chi connectivity index (χ4n) is 2.84. The van der Waals surface area contributed by atoms with E-state index in [-0.39, 0.29) is 16.8 Å². The molecule has 0 aliphatic rings. The minimum Gasteiger partial charge on any atom is -0.369 e. The molecule has 29 heavy (non-hydrogen) atoms. The standard InChI is InChI=1S/C20H35N5O3S/c1-2-3-4-5-6-7-8-9-10-11-16-23-19(21)25-20(22)24-17-12-14-18(15-13-17)29(26,27)28/h12-15H,2-11,16H2,1H3,(H,26,27,28)(H5,21,22,23,24,25). The molecule has 1 rings (SSSR count). The van der Waals surface area contributed by atoms with E-state index in [9.17, 15) is 8.42 Å². The molecule has 0 heterocycles. The van der Waals surface area contributed by atoms with Gasteiger partial charge in [-0.3, -0.25) is 9.55 Å². The molecule has 0 spiro atoms. The minimum atomic E-state index is -4.22. The van der Waals surface area contributed by atoms with E-state index in [1.54, 1.807) is 0 Å². The highest BCUT2D eigenvalue weighted by atomic mass is 32.2. The fraction of sp³-hybridized carbons (Fsp3) is 0.600. The van der Waals surface area contributed by atoms with Crippen LogP contribution in [0.3, 0.4) is 0 Å². The summed E-state index contributed by atoms with van der Waals surface area (Å²) >= 11 is 0. The lowest BCUT2D eigenvalue weighted by Gasteiger charge is -2.06. The van der Waals surface area contributed by atoms with Crippen LogP contribution in [0.1, 0.15) is 71.1 Å². The third-order valence-corrected chi connectivity index (χ3v) is 5.31. The van der Waals surface area contributed by atoms with E-state index in [1.165, 1.54) is 75.6 Å². The fourth-order valence-corrected chi connectivity index (χ4v) is 3.32. The predicted octanol–water partition coefficient (Wildman–Crippen LogP) is 3.90. The van der Waals surface area contributed by atoms with Crippen molar-refractivity contribution < 1.29 is 13.0 Å². The van der Waals surface area contributed by atoms with Crippen LogP contribution in [-0.2, 0) is 10.1 Å². The van der Waals surface area contributed by atoms with Gasteiger partial charge < -0.3 is 16.8 Å². The average Bonchev–Trinajstić information content (AvgIpc) is 2.65. The smallest absolute Gasteiger partial charge is 0.294 e. The number of unbranched alkanes of at least 4 members (excludes halogenated alkanes) is 9. The van der Waals surface area contributed by atoms with Crippen LogP contribution < -0.4 is 16.8 Å². The molecule has 0 unspecified atom stereocenters. The Hall–Kier alpha value is -2.13. The van der Waals surface area contributed by atoms with Crippen LogP contribution in [0.2, 0.25) is 0 Å². The largest absolute Gasteiger partial charge is 0.369 e. The summed E-state index contributed by atoms with van der Waals surface area (Å²) in [4.78, 5) is 7.97. The Kier molecular flexibility index (Phi) is 12.0. The molecule has 1 aromatic carbocycles. The van der Waals surface area contributed by atoms with Crippen LogP contribution in [-0.4, -0.2) is 31.4 Å². The topological polar surface area (TPSA) is 143 Å². The molecule has 0 saturated carbocycles. The number of nitrogens with two attached hydrogens (primary N) is 2. The lowest BCUT2D eigenvalue weighted by Crippen LogP contribution is -2.26. The van der Waals surface area contributed by atoms with Crippen LogP contribution in [0.15, 0.2) is 39.1 Å². The van der Waals surface area contributed by atoms with Gasteiger partial charge in [-0.1, -0.05) is 64.7 Å². The molecule has 164 valence electrons. The molecule has 8 nitrogen and oxygen atoms in total. The van der Waals surface area contributed by atoms with Gasteiger partial charge in [0.1, 0.15) is 0 Å². The van der Waals surface area contributed by atoms with Crippen molar-refractivity contribution in [3.63, 3.8) is 0 Å². The van der Waals surface area contributed by atoms with E-state index < -0.39 is 10.1 Å². The zero-order valence-electron chi connectivity index (χ0n) is 17.3. The number of nitrogens with one attached hydrogen (secondary N) is 1. The predicted molar refractivity (Wildman–Crippen MR) is 120 cm³/mol.